The van der Waals surface area contributed by atoms with E-state index in [2.05, 4.69) is 51.3 Å². The van der Waals surface area contributed by atoms with Gasteiger partial charge in [0.1, 0.15) is 5.75 Å². The number of benzene rings is 1. The predicted molar refractivity (Wildman–Crippen MR) is 106 cm³/mol. The van der Waals surface area contributed by atoms with E-state index in [1.54, 1.807) is 0 Å². The summed E-state index contributed by atoms with van der Waals surface area (Å²) in [5.74, 6) is 2.10. The number of hydrogen-bond donors (Lipinski definition) is 1. The van der Waals surface area contributed by atoms with Crippen molar-refractivity contribution in [1.82, 2.24) is 5.32 Å². The Morgan fingerprint density at radius 2 is 1.88 bits per heavy atom. The molecule has 2 aliphatic rings. The van der Waals surface area contributed by atoms with Crippen molar-refractivity contribution in [2.45, 2.75) is 64.6 Å². The number of Topliss-reactive ketones (excluding diaryl/α,β-unsaturated/α-hetero) is 1. The van der Waals surface area contributed by atoms with E-state index in [9.17, 15) is 4.79 Å². The average Bonchev–Trinajstić information content (AvgIpc) is 2.83. The topological polar surface area (TPSA) is 38.3 Å². The molecule has 1 aliphatic heterocycles. The van der Waals surface area contributed by atoms with Gasteiger partial charge in [0, 0.05) is 11.5 Å². The van der Waals surface area contributed by atoms with E-state index >= 15 is 0 Å². The highest BCUT2D eigenvalue weighted by Crippen LogP contribution is 2.39. The molecular weight excluding hydrogens is 326 g/mol. The first kappa shape index (κ1) is 18.7. The quantitative estimate of drug-likeness (QED) is 0.784. The van der Waals surface area contributed by atoms with Gasteiger partial charge in [-0.1, -0.05) is 26.8 Å². The molecule has 0 spiro atoms. The summed E-state index contributed by atoms with van der Waals surface area (Å²) in [6.45, 7) is 13.4. The molecule has 1 aliphatic carbocycles. The van der Waals surface area contributed by atoms with Crippen LogP contribution in [0.3, 0.4) is 0 Å². The summed E-state index contributed by atoms with van der Waals surface area (Å²) in [6.07, 6.45) is 4.38. The Kier molecular flexibility index (Phi) is 5.13. The summed E-state index contributed by atoms with van der Waals surface area (Å²) in [5, 5.41) is 3.57. The molecule has 1 fully saturated rings. The molecule has 0 radical (unpaired) electrons. The number of carbonyl (C=O) groups is 1. The summed E-state index contributed by atoms with van der Waals surface area (Å²) >= 11 is 0. The van der Waals surface area contributed by atoms with E-state index in [0.29, 0.717) is 11.7 Å². The third-order valence-electron chi connectivity index (χ3n) is 6.44. The summed E-state index contributed by atoms with van der Waals surface area (Å²) in [6, 6.07) is 6.21. The first-order chi connectivity index (χ1) is 11.7. The first-order valence-corrected chi connectivity index (χ1v) is 12.6. The lowest BCUT2D eigenvalue weighted by molar-refractivity contribution is 0.0913. The van der Waals surface area contributed by atoms with Gasteiger partial charge >= 0.3 is 0 Å². The molecule has 1 atom stereocenters. The van der Waals surface area contributed by atoms with Crippen molar-refractivity contribution in [2.24, 2.45) is 11.8 Å². The maximum atomic E-state index is 12.9. The number of fused-ring (bicyclic) bond motifs is 1. The van der Waals surface area contributed by atoms with Crippen LogP contribution in [0.5, 0.6) is 5.75 Å². The molecule has 138 valence electrons. The summed E-state index contributed by atoms with van der Waals surface area (Å²) in [4.78, 5) is 12.9. The van der Waals surface area contributed by atoms with Gasteiger partial charge in [0.15, 0.2) is 5.78 Å². The summed E-state index contributed by atoms with van der Waals surface area (Å²) in [7, 11) is -1.87. The third-order valence-corrected chi connectivity index (χ3v) is 10.8. The summed E-state index contributed by atoms with van der Waals surface area (Å²) in [5.41, 5.74) is 2.13. The van der Waals surface area contributed by atoms with Gasteiger partial charge in [0.2, 0.25) is 8.32 Å². The van der Waals surface area contributed by atoms with Crippen molar-refractivity contribution in [3.8, 4) is 5.75 Å². The lowest BCUT2D eigenvalue weighted by Gasteiger charge is -2.36. The third kappa shape index (κ3) is 4.00. The van der Waals surface area contributed by atoms with Crippen LogP contribution in [0.2, 0.25) is 18.1 Å². The minimum absolute atomic E-state index is 0.160. The fourth-order valence-corrected chi connectivity index (χ4v) is 4.78. The van der Waals surface area contributed by atoms with Crippen LogP contribution in [0.1, 0.15) is 56.0 Å². The molecule has 1 N–H and O–H groups in total. The molecule has 1 aromatic rings. The zero-order chi connectivity index (χ0) is 18.2. The lowest BCUT2D eigenvalue weighted by atomic mass is 9.86. The Bertz CT molecular complexity index is 642. The van der Waals surface area contributed by atoms with Crippen LogP contribution in [0, 0.1) is 11.8 Å². The molecule has 0 aromatic heterocycles. The van der Waals surface area contributed by atoms with Crippen molar-refractivity contribution >= 4 is 14.1 Å². The van der Waals surface area contributed by atoms with Crippen molar-refractivity contribution < 1.29 is 9.22 Å². The number of nitrogens with one attached hydrogen (secondary N) is 1. The van der Waals surface area contributed by atoms with Crippen LogP contribution in [0.15, 0.2) is 18.2 Å². The van der Waals surface area contributed by atoms with Crippen LogP contribution in [0.25, 0.3) is 0 Å². The van der Waals surface area contributed by atoms with Crippen molar-refractivity contribution in [3.63, 3.8) is 0 Å². The molecule has 1 heterocycles. The largest absolute Gasteiger partial charge is 0.543 e. The van der Waals surface area contributed by atoms with E-state index in [-0.39, 0.29) is 11.0 Å². The molecular formula is C21H33NO2Si. The van der Waals surface area contributed by atoms with E-state index < -0.39 is 8.32 Å². The second-order valence-corrected chi connectivity index (χ2v) is 14.1. The molecule has 1 unspecified atom stereocenters. The van der Waals surface area contributed by atoms with Crippen LogP contribution >= 0.6 is 0 Å². The fraction of sp³-hybridized carbons (Fsp3) is 0.667. The first-order valence-electron chi connectivity index (χ1n) is 9.74. The Balaban J connectivity index is 1.71. The van der Waals surface area contributed by atoms with Gasteiger partial charge in [-0.3, -0.25) is 4.79 Å². The molecule has 1 aromatic carbocycles. The second kappa shape index (κ2) is 6.88. The van der Waals surface area contributed by atoms with Gasteiger partial charge in [-0.05, 0) is 80.5 Å². The monoisotopic (exact) mass is 359 g/mol. The van der Waals surface area contributed by atoms with Gasteiger partial charge < -0.3 is 9.74 Å². The van der Waals surface area contributed by atoms with E-state index in [1.165, 1.54) is 18.4 Å². The average molecular weight is 360 g/mol. The Labute approximate surface area is 153 Å². The Hall–Kier alpha value is -1.13. The smallest absolute Gasteiger partial charge is 0.250 e. The minimum atomic E-state index is -1.87. The van der Waals surface area contributed by atoms with E-state index in [0.717, 1.165) is 37.2 Å². The molecule has 3 nitrogen and oxygen atoms in total. The van der Waals surface area contributed by atoms with Crippen LogP contribution in [-0.4, -0.2) is 27.2 Å². The van der Waals surface area contributed by atoms with Gasteiger partial charge in [0.25, 0.3) is 0 Å². The van der Waals surface area contributed by atoms with Gasteiger partial charge in [-0.15, -0.1) is 0 Å². The maximum absolute atomic E-state index is 12.9. The molecule has 4 heteroatoms. The number of piperidine rings is 1. The number of rotatable bonds is 4. The normalized spacial score (nSPS) is 22.1. The number of carbonyl (C=O) groups excluding carboxylic acids is 1. The Morgan fingerprint density at radius 1 is 1.20 bits per heavy atom. The minimum Gasteiger partial charge on any atom is -0.543 e. The van der Waals surface area contributed by atoms with E-state index in [1.807, 2.05) is 6.07 Å². The van der Waals surface area contributed by atoms with Crippen molar-refractivity contribution in [3.05, 3.63) is 29.3 Å². The standard InChI is InChI=1S/C21H33NO2Si/c1-21(2,3)25(4,5)24-18-7-6-16-13-17(20(23)19(16)14-18)12-15-8-10-22-11-9-15/h6-7,14-15,17,22H,8-13H2,1-5H3. The summed E-state index contributed by atoms with van der Waals surface area (Å²) < 4.78 is 6.40. The highest BCUT2D eigenvalue weighted by Gasteiger charge is 2.39. The van der Waals surface area contributed by atoms with Gasteiger partial charge in [-0.25, -0.2) is 0 Å². The Morgan fingerprint density at radius 3 is 2.52 bits per heavy atom. The fourth-order valence-electron chi connectivity index (χ4n) is 3.76. The van der Waals surface area contributed by atoms with Gasteiger partial charge in [0.05, 0.1) is 0 Å². The predicted octanol–water partition coefficient (Wildman–Crippen LogP) is 4.82. The number of hydrogen-bond acceptors (Lipinski definition) is 3. The zero-order valence-electron chi connectivity index (χ0n) is 16.4. The SMILES string of the molecule is CC(C)(C)[Si](C)(C)Oc1ccc2c(c1)C(=O)C(CC1CCNCC1)C2. The molecule has 0 saturated carbocycles. The maximum Gasteiger partial charge on any atom is 0.250 e. The molecule has 0 bridgehead atoms. The zero-order valence-corrected chi connectivity index (χ0v) is 17.4. The number of ketones is 1. The van der Waals surface area contributed by atoms with Gasteiger partial charge in [-0.2, -0.15) is 0 Å². The molecule has 0 amide bonds. The van der Waals surface area contributed by atoms with Crippen molar-refractivity contribution in [1.29, 1.82) is 0 Å². The van der Waals surface area contributed by atoms with Crippen LogP contribution < -0.4 is 9.74 Å². The molecule has 3 rings (SSSR count). The highest BCUT2D eigenvalue weighted by molar-refractivity contribution is 6.74. The van der Waals surface area contributed by atoms with Crippen molar-refractivity contribution in [2.75, 3.05) is 13.1 Å². The van der Waals surface area contributed by atoms with Crippen LogP contribution in [0.4, 0.5) is 0 Å². The molecule has 25 heavy (non-hydrogen) atoms. The van der Waals surface area contributed by atoms with Crippen LogP contribution in [-0.2, 0) is 6.42 Å². The second-order valence-electron chi connectivity index (χ2n) is 9.38. The highest BCUT2D eigenvalue weighted by atomic mass is 28.4. The molecule has 1 saturated heterocycles. The lowest BCUT2D eigenvalue weighted by Crippen LogP contribution is -2.43. The van der Waals surface area contributed by atoms with E-state index in [4.69, 9.17) is 4.43 Å².